The number of aryl methyl sites for hydroxylation is 1. The van der Waals surface area contributed by atoms with Gasteiger partial charge in [-0.15, -0.1) is 0 Å². The maximum absolute atomic E-state index is 12.1. The second-order valence-electron chi connectivity index (χ2n) is 7.01. The molecule has 0 saturated carbocycles. The second-order valence-corrected chi connectivity index (χ2v) is 7.01. The molecule has 1 rings (SSSR count). The minimum Gasteiger partial charge on any atom is -0.441 e. The van der Waals surface area contributed by atoms with Crippen LogP contribution in [0.3, 0.4) is 0 Å². The molecular weight excluding hydrogens is 292 g/mol. The van der Waals surface area contributed by atoms with Gasteiger partial charge >= 0.3 is 6.09 Å². The Bertz CT molecular complexity index is 547. The second kappa shape index (κ2) is 7.99. The highest BCUT2D eigenvalue weighted by Gasteiger charge is 2.22. The van der Waals surface area contributed by atoms with Crippen LogP contribution < -0.4 is 5.32 Å². The van der Waals surface area contributed by atoms with E-state index in [9.17, 15) is 9.59 Å². The minimum absolute atomic E-state index is 0.0162. The standard InChI is InChI=1S/C18H28N2O3/c1-13-8-7-9-14(12-13)15(10-11-16(21)20(5)6)23-17(22)19-18(2,3)4/h7-9,12,15H,10-11H2,1-6H3,(H,19,22). The number of nitrogens with one attached hydrogen (secondary N) is 1. The number of benzene rings is 1. The number of hydrogen-bond donors (Lipinski definition) is 1. The molecule has 0 aromatic heterocycles. The van der Waals surface area contributed by atoms with Gasteiger partial charge in [0.25, 0.3) is 0 Å². The molecule has 2 amide bonds. The van der Waals surface area contributed by atoms with Gasteiger partial charge in [0.1, 0.15) is 6.10 Å². The maximum atomic E-state index is 12.1. The number of ether oxygens (including phenoxy) is 1. The fraction of sp³-hybridized carbons (Fsp3) is 0.556. The lowest BCUT2D eigenvalue weighted by atomic mass is 10.0. The number of hydrogen-bond acceptors (Lipinski definition) is 3. The molecule has 128 valence electrons. The van der Waals surface area contributed by atoms with Gasteiger partial charge in [0.2, 0.25) is 5.91 Å². The molecule has 1 aromatic carbocycles. The Morgan fingerprint density at radius 1 is 1.26 bits per heavy atom. The van der Waals surface area contributed by atoms with Crippen LogP contribution in [0.15, 0.2) is 24.3 Å². The van der Waals surface area contributed by atoms with Crippen LogP contribution in [0.2, 0.25) is 0 Å². The van der Waals surface area contributed by atoms with E-state index in [1.807, 2.05) is 52.0 Å². The number of alkyl carbamates (subject to hydrolysis) is 1. The molecule has 1 N–H and O–H groups in total. The molecule has 0 spiro atoms. The topological polar surface area (TPSA) is 58.6 Å². The zero-order valence-electron chi connectivity index (χ0n) is 15.0. The normalized spacial score (nSPS) is 12.4. The van der Waals surface area contributed by atoms with E-state index in [1.54, 1.807) is 19.0 Å². The molecule has 1 atom stereocenters. The minimum atomic E-state index is -0.471. The van der Waals surface area contributed by atoms with Crippen molar-refractivity contribution in [2.75, 3.05) is 14.1 Å². The highest BCUT2D eigenvalue weighted by Crippen LogP contribution is 2.24. The number of carbonyl (C=O) groups excluding carboxylic acids is 2. The summed E-state index contributed by atoms with van der Waals surface area (Å²) in [6, 6.07) is 7.81. The van der Waals surface area contributed by atoms with Crippen LogP contribution in [-0.2, 0) is 9.53 Å². The Balaban J connectivity index is 2.84. The molecule has 1 aromatic rings. The third kappa shape index (κ3) is 7.17. The molecule has 0 aliphatic carbocycles. The SMILES string of the molecule is Cc1cccc(C(CCC(=O)N(C)C)OC(=O)NC(C)(C)C)c1. The van der Waals surface area contributed by atoms with Crippen molar-refractivity contribution in [3.8, 4) is 0 Å². The number of amides is 2. The van der Waals surface area contributed by atoms with Gasteiger partial charge in [-0.2, -0.15) is 0 Å². The van der Waals surface area contributed by atoms with E-state index in [4.69, 9.17) is 4.74 Å². The van der Waals surface area contributed by atoms with E-state index in [-0.39, 0.29) is 11.4 Å². The van der Waals surface area contributed by atoms with Crippen molar-refractivity contribution >= 4 is 12.0 Å². The number of nitrogens with zero attached hydrogens (tertiary/aromatic N) is 1. The zero-order chi connectivity index (χ0) is 17.6. The van der Waals surface area contributed by atoms with Crippen molar-refractivity contribution in [3.05, 3.63) is 35.4 Å². The van der Waals surface area contributed by atoms with Crippen molar-refractivity contribution < 1.29 is 14.3 Å². The van der Waals surface area contributed by atoms with E-state index in [2.05, 4.69) is 5.32 Å². The first-order chi connectivity index (χ1) is 10.6. The van der Waals surface area contributed by atoms with Gasteiger partial charge in [-0.3, -0.25) is 4.79 Å². The van der Waals surface area contributed by atoms with Crippen LogP contribution in [0.4, 0.5) is 4.79 Å². The maximum Gasteiger partial charge on any atom is 0.408 e. The van der Waals surface area contributed by atoms with E-state index in [0.717, 1.165) is 11.1 Å². The van der Waals surface area contributed by atoms with E-state index < -0.39 is 12.2 Å². The fourth-order valence-electron chi connectivity index (χ4n) is 2.11. The predicted octanol–water partition coefficient (Wildman–Crippen LogP) is 3.43. The van der Waals surface area contributed by atoms with Gasteiger partial charge in [0.05, 0.1) is 0 Å². The lowest BCUT2D eigenvalue weighted by Crippen LogP contribution is -2.41. The molecule has 1 unspecified atom stereocenters. The van der Waals surface area contributed by atoms with Crippen molar-refractivity contribution in [1.29, 1.82) is 0 Å². The first kappa shape index (κ1) is 19.0. The van der Waals surface area contributed by atoms with Gasteiger partial charge in [-0.25, -0.2) is 4.79 Å². The fourth-order valence-corrected chi connectivity index (χ4v) is 2.11. The van der Waals surface area contributed by atoms with Gasteiger partial charge in [0, 0.05) is 26.1 Å². The highest BCUT2D eigenvalue weighted by molar-refractivity contribution is 5.75. The van der Waals surface area contributed by atoms with Crippen LogP contribution in [0, 0.1) is 6.92 Å². The largest absolute Gasteiger partial charge is 0.441 e. The molecule has 0 radical (unpaired) electrons. The molecule has 0 aliphatic heterocycles. The smallest absolute Gasteiger partial charge is 0.408 e. The van der Waals surface area contributed by atoms with Crippen molar-refractivity contribution in [3.63, 3.8) is 0 Å². The van der Waals surface area contributed by atoms with Crippen LogP contribution in [0.1, 0.15) is 50.8 Å². The summed E-state index contributed by atoms with van der Waals surface area (Å²) in [5.41, 5.74) is 1.63. The Hall–Kier alpha value is -2.04. The molecule has 0 aliphatic rings. The van der Waals surface area contributed by atoms with Crippen molar-refractivity contribution in [1.82, 2.24) is 10.2 Å². The van der Waals surface area contributed by atoms with E-state index in [0.29, 0.717) is 12.8 Å². The summed E-state index contributed by atoms with van der Waals surface area (Å²) in [6.45, 7) is 7.67. The lowest BCUT2D eigenvalue weighted by Gasteiger charge is -2.24. The van der Waals surface area contributed by atoms with Gasteiger partial charge in [0.15, 0.2) is 0 Å². The van der Waals surface area contributed by atoms with Gasteiger partial charge in [-0.05, 0) is 39.7 Å². The summed E-state index contributed by atoms with van der Waals surface area (Å²) < 4.78 is 5.58. The Morgan fingerprint density at radius 3 is 2.43 bits per heavy atom. The Kier molecular flexibility index (Phi) is 6.61. The first-order valence-electron chi connectivity index (χ1n) is 7.84. The average Bonchev–Trinajstić information content (AvgIpc) is 2.40. The Labute approximate surface area is 139 Å². The monoisotopic (exact) mass is 320 g/mol. The molecular formula is C18H28N2O3. The third-order valence-electron chi connectivity index (χ3n) is 3.26. The number of carbonyl (C=O) groups is 2. The first-order valence-corrected chi connectivity index (χ1v) is 7.84. The number of rotatable bonds is 5. The summed E-state index contributed by atoms with van der Waals surface area (Å²) >= 11 is 0. The predicted molar refractivity (Wildman–Crippen MR) is 91.2 cm³/mol. The van der Waals surface area contributed by atoms with Gasteiger partial charge < -0.3 is 15.0 Å². The van der Waals surface area contributed by atoms with Crippen LogP contribution in [0.5, 0.6) is 0 Å². The zero-order valence-corrected chi connectivity index (χ0v) is 15.0. The van der Waals surface area contributed by atoms with Crippen LogP contribution in [0.25, 0.3) is 0 Å². The van der Waals surface area contributed by atoms with Crippen molar-refractivity contribution in [2.45, 2.75) is 52.2 Å². The molecule has 0 bridgehead atoms. The van der Waals surface area contributed by atoms with Crippen LogP contribution >= 0.6 is 0 Å². The summed E-state index contributed by atoms with van der Waals surface area (Å²) in [4.78, 5) is 25.5. The summed E-state index contributed by atoms with van der Waals surface area (Å²) in [7, 11) is 3.44. The highest BCUT2D eigenvalue weighted by atomic mass is 16.6. The van der Waals surface area contributed by atoms with E-state index >= 15 is 0 Å². The molecule has 5 heteroatoms. The molecule has 0 saturated heterocycles. The third-order valence-corrected chi connectivity index (χ3v) is 3.26. The molecule has 5 nitrogen and oxygen atoms in total. The van der Waals surface area contributed by atoms with Gasteiger partial charge in [-0.1, -0.05) is 29.8 Å². The summed E-state index contributed by atoms with van der Waals surface area (Å²) in [5, 5.41) is 2.79. The summed E-state index contributed by atoms with van der Waals surface area (Å²) in [5.74, 6) is 0.0162. The van der Waals surface area contributed by atoms with Crippen LogP contribution in [-0.4, -0.2) is 36.5 Å². The Morgan fingerprint density at radius 2 is 1.91 bits per heavy atom. The quantitative estimate of drug-likeness (QED) is 0.904. The lowest BCUT2D eigenvalue weighted by molar-refractivity contribution is -0.129. The molecule has 23 heavy (non-hydrogen) atoms. The molecule has 0 heterocycles. The average molecular weight is 320 g/mol. The van der Waals surface area contributed by atoms with E-state index in [1.165, 1.54) is 0 Å². The van der Waals surface area contributed by atoms with Crippen molar-refractivity contribution in [2.24, 2.45) is 0 Å². The summed E-state index contributed by atoms with van der Waals surface area (Å²) in [6.07, 6.45) is -0.130. The molecule has 0 fully saturated rings.